The Balaban J connectivity index is 2.17. The van der Waals surface area contributed by atoms with E-state index in [0.717, 1.165) is 5.56 Å². The smallest absolute Gasteiger partial charge is 0.149 e. The van der Waals surface area contributed by atoms with Gasteiger partial charge in [0.25, 0.3) is 0 Å². The molecule has 1 aromatic carbocycles. The molecule has 1 atom stereocenters. The molecule has 18 heavy (non-hydrogen) atoms. The van der Waals surface area contributed by atoms with Crippen LogP contribution in [0.3, 0.4) is 0 Å². The molecule has 1 unspecified atom stereocenters. The largest absolute Gasteiger partial charge is 0.362 e. The zero-order valence-electron chi connectivity index (χ0n) is 9.76. The number of halogens is 1. The summed E-state index contributed by atoms with van der Waals surface area (Å²) in [5.74, 6) is 0.609. The molecule has 90 valence electrons. The normalized spacial score (nSPS) is 11.6. The Hall–Kier alpha value is -2.12. The number of hydrogen-bond acceptors (Lipinski definition) is 4. The van der Waals surface area contributed by atoms with Crippen molar-refractivity contribution < 1.29 is 0 Å². The lowest BCUT2D eigenvalue weighted by Crippen LogP contribution is -2.08. The van der Waals surface area contributed by atoms with Gasteiger partial charge >= 0.3 is 0 Å². The van der Waals surface area contributed by atoms with E-state index in [-0.39, 0.29) is 6.04 Å². The van der Waals surface area contributed by atoms with Crippen molar-refractivity contribution in [1.29, 1.82) is 5.26 Å². The summed E-state index contributed by atoms with van der Waals surface area (Å²) in [6.45, 7) is 1.99. The third-order valence-electron chi connectivity index (χ3n) is 2.49. The molecule has 1 heterocycles. The highest BCUT2D eigenvalue weighted by atomic mass is 35.5. The minimum absolute atomic E-state index is 0.0195. The van der Waals surface area contributed by atoms with Crippen LogP contribution >= 0.6 is 11.6 Å². The van der Waals surface area contributed by atoms with Gasteiger partial charge in [0.05, 0.1) is 30.1 Å². The second-order valence-electron chi connectivity index (χ2n) is 3.83. The standard InChI is InChI=1S/C13H11ClN4/c1-9(11-4-2-3-10(5-11)6-15)17-13-8-16-7-12(14)18-13/h2-5,7-9H,1H3,(H,17,18). The summed E-state index contributed by atoms with van der Waals surface area (Å²) in [6.07, 6.45) is 3.09. The first kappa shape index (κ1) is 12.3. The highest BCUT2D eigenvalue weighted by molar-refractivity contribution is 6.29. The van der Waals surface area contributed by atoms with Crippen LogP contribution in [-0.2, 0) is 0 Å². The molecule has 0 saturated carbocycles. The van der Waals surface area contributed by atoms with Gasteiger partial charge in [0.1, 0.15) is 11.0 Å². The van der Waals surface area contributed by atoms with E-state index in [0.29, 0.717) is 16.5 Å². The molecule has 0 saturated heterocycles. The average molecular weight is 259 g/mol. The van der Waals surface area contributed by atoms with Gasteiger partial charge in [-0.1, -0.05) is 23.7 Å². The maximum atomic E-state index is 8.86. The molecular weight excluding hydrogens is 248 g/mol. The lowest BCUT2D eigenvalue weighted by Gasteiger charge is -2.14. The average Bonchev–Trinajstić information content (AvgIpc) is 2.39. The van der Waals surface area contributed by atoms with Crippen LogP contribution in [-0.4, -0.2) is 9.97 Å². The Morgan fingerprint density at radius 3 is 2.94 bits per heavy atom. The van der Waals surface area contributed by atoms with Crippen molar-refractivity contribution >= 4 is 17.4 Å². The van der Waals surface area contributed by atoms with E-state index in [2.05, 4.69) is 21.4 Å². The Morgan fingerprint density at radius 1 is 1.39 bits per heavy atom. The fourth-order valence-corrected chi connectivity index (χ4v) is 1.74. The van der Waals surface area contributed by atoms with E-state index in [1.807, 2.05) is 25.1 Å². The summed E-state index contributed by atoms with van der Waals surface area (Å²) in [7, 11) is 0. The number of nitrogens with one attached hydrogen (secondary N) is 1. The molecular formula is C13H11ClN4. The zero-order valence-corrected chi connectivity index (χ0v) is 10.5. The highest BCUT2D eigenvalue weighted by Gasteiger charge is 2.07. The van der Waals surface area contributed by atoms with Gasteiger partial charge < -0.3 is 5.32 Å². The van der Waals surface area contributed by atoms with Crippen molar-refractivity contribution in [2.45, 2.75) is 13.0 Å². The lowest BCUT2D eigenvalue weighted by atomic mass is 10.1. The van der Waals surface area contributed by atoms with E-state index in [1.165, 1.54) is 6.20 Å². The predicted octanol–water partition coefficient (Wildman–Crippen LogP) is 3.17. The molecule has 0 radical (unpaired) electrons. The molecule has 0 amide bonds. The second kappa shape index (κ2) is 5.48. The monoisotopic (exact) mass is 258 g/mol. The van der Waals surface area contributed by atoms with Crippen LogP contribution in [0.5, 0.6) is 0 Å². The minimum atomic E-state index is 0.0195. The number of aromatic nitrogens is 2. The van der Waals surface area contributed by atoms with E-state index < -0.39 is 0 Å². The fourth-order valence-electron chi connectivity index (χ4n) is 1.59. The van der Waals surface area contributed by atoms with Crippen LogP contribution in [0.25, 0.3) is 0 Å². The lowest BCUT2D eigenvalue weighted by molar-refractivity contribution is 0.871. The number of rotatable bonds is 3. The third kappa shape index (κ3) is 2.96. The molecule has 5 heteroatoms. The molecule has 2 rings (SSSR count). The van der Waals surface area contributed by atoms with E-state index >= 15 is 0 Å². The molecule has 0 spiro atoms. The van der Waals surface area contributed by atoms with Gasteiger partial charge in [0.2, 0.25) is 0 Å². The number of benzene rings is 1. The molecule has 0 aliphatic heterocycles. The highest BCUT2D eigenvalue weighted by Crippen LogP contribution is 2.19. The van der Waals surface area contributed by atoms with Crippen LogP contribution in [0.4, 0.5) is 5.82 Å². The summed E-state index contributed by atoms with van der Waals surface area (Å²) in [4.78, 5) is 8.06. The van der Waals surface area contributed by atoms with Gasteiger partial charge in [-0.2, -0.15) is 5.26 Å². The van der Waals surface area contributed by atoms with Crippen molar-refractivity contribution in [3.63, 3.8) is 0 Å². The van der Waals surface area contributed by atoms with Crippen molar-refractivity contribution in [2.75, 3.05) is 5.32 Å². The summed E-state index contributed by atoms with van der Waals surface area (Å²) < 4.78 is 0. The Bertz CT molecular complexity index is 592. The summed E-state index contributed by atoms with van der Waals surface area (Å²) in [6, 6.07) is 9.57. The second-order valence-corrected chi connectivity index (χ2v) is 4.22. The predicted molar refractivity (Wildman–Crippen MR) is 70.2 cm³/mol. The van der Waals surface area contributed by atoms with Gasteiger partial charge in [0, 0.05) is 0 Å². The van der Waals surface area contributed by atoms with E-state index in [4.69, 9.17) is 16.9 Å². The quantitative estimate of drug-likeness (QED) is 0.919. The molecule has 4 nitrogen and oxygen atoms in total. The SMILES string of the molecule is CC(Nc1cncc(Cl)n1)c1cccc(C#N)c1. The van der Waals surface area contributed by atoms with Crippen LogP contribution in [0.1, 0.15) is 24.1 Å². The molecule has 1 N–H and O–H groups in total. The summed E-state index contributed by atoms with van der Waals surface area (Å²) in [5, 5.41) is 12.4. The van der Waals surface area contributed by atoms with Gasteiger partial charge in [-0.25, -0.2) is 4.98 Å². The van der Waals surface area contributed by atoms with Crippen molar-refractivity contribution in [3.8, 4) is 6.07 Å². The number of nitrogens with zero attached hydrogens (tertiary/aromatic N) is 3. The number of anilines is 1. The maximum absolute atomic E-state index is 8.86. The van der Waals surface area contributed by atoms with Gasteiger partial charge in [-0.3, -0.25) is 4.98 Å². The van der Waals surface area contributed by atoms with Crippen molar-refractivity contribution in [3.05, 3.63) is 52.9 Å². The molecule has 0 fully saturated rings. The molecule has 2 aromatic rings. The Labute approximate surface area is 110 Å². The molecule has 0 aliphatic carbocycles. The first-order valence-corrected chi connectivity index (χ1v) is 5.81. The fraction of sp³-hybridized carbons (Fsp3) is 0.154. The van der Waals surface area contributed by atoms with Crippen LogP contribution < -0.4 is 5.32 Å². The summed E-state index contributed by atoms with van der Waals surface area (Å²) >= 11 is 5.77. The Morgan fingerprint density at radius 2 is 2.22 bits per heavy atom. The van der Waals surface area contributed by atoms with E-state index in [1.54, 1.807) is 12.3 Å². The molecule has 0 bridgehead atoms. The third-order valence-corrected chi connectivity index (χ3v) is 2.67. The minimum Gasteiger partial charge on any atom is -0.362 e. The number of nitriles is 1. The molecule has 1 aromatic heterocycles. The van der Waals surface area contributed by atoms with Crippen LogP contribution in [0.2, 0.25) is 5.15 Å². The molecule has 0 aliphatic rings. The Kier molecular flexibility index (Phi) is 3.75. The first-order chi connectivity index (χ1) is 8.69. The summed E-state index contributed by atoms with van der Waals surface area (Å²) in [5.41, 5.74) is 1.65. The first-order valence-electron chi connectivity index (χ1n) is 5.43. The topological polar surface area (TPSA) is 61.6 Å². The van der Waals surface area contributed by atoms with Gasteiger partial charge in [-0.05, 0) is 24.6 Å². The number of hydrogen-bond donors (Lipinski definition) is 1. The zero-order chi connectivity index (χ0) is 13.0. The van der Waals surface area contributed by atoms with Crippen LogP contribution in [0.15, 0.2) is 36.7 Å². The van der Waals surface area contributed by atoms with Crippen molar-refractivity contribution in [1.82, 2.24) is 9.97 Å². The van der Waals surface area contributed by atoms with Crippen LogP contribution in [0, 0.1) is 11.3 Å². The maximum Gasteiger partial charge on any atom is 0.149 e. The van der Waals surface area contributed by atoms with Crippen molar-refractivity contribution in [2.24, 2.45) is 0 Å². The van der Waals surface area contributed by atoms with Gasteiger partial charge in [-0.15, -0.1) is 0 Å². The van der Waals surface area contributed by atoms with Gasteiger partial charge in [0.15, 0.2) is 0 Å². The van der Waals surface area contributed by atoms with E-state index in [9.17, 15) is 0 Å².